The van der Waals surface area contributed by atoms with Gasteiger partial charge >= 0.3 is 12.1 Å². The number of ether oxygens (including phenoxy) is 1. The molecule has 5 aromatic rings. The second-order valence-electron chi connectivity index (χ2n) is 9.87. The van der Waals surface area contributed by atoms with Crippen LogP contribution in [-0.2, 0) is 6.18 Å². The number of alkyl halides is 3. The van der Waals surface area contributed by atoms with E-state index >= 15 is 0 Å². The van der Waals surface area contributed by atoms with Crippen LogP contribution in [0.5, 0.6) is 5.75 Å². The number of methoxy groups -OCH3 is 1. The van der Waals surface area contributed by atoms with Crippen LogP contribution in [0.2, 0.25) is 0 Å². The van der Waals surface area contributed by atoms with Gasteiger partial charge in [-0.2, -0.15) is 13.2 Å². The summed E-state index contributed by atoms with van der Waals surface area (Å²) < 4.78 is 74.4. The molecule has 0 saturated heterocycles. The third kappa shape index (κ3) is 6.54. The molecule has 5 aromatic carbocycles. The molecule has 0 radical (unpaired) electrons. The number of nitrogens with one attached hydrogen (secondary N) is 2. The number of hydrogen-bond donors (Lipinski definition) is 3. The lowest BCUT2D eigenvalue weighted by Crippen LogP contribution is -2.19. The molecule has 0 aromatic heterocycles. The molecule has 0 unspecified atom stereocenters. The highest BCUT2D eigenvalue weighted by Crippen LogP contribution is 2.35. The first-order valence-electron chi connectivity index (χ1n) is 13.2. The van der Waals surface area contributed by atoms with Gasteiger partial charge in [0.1, 0.15) is 17.4 Å². The first-order chi connectivity index (χ1) is 21.8. The van der Waals surface area contributed by atoms with Crippen LogP contribution in [0.3, 0.4) is 0 Å². The van der Waals surface area contributed by atoms with Gasteiger partial charge in [-0.3, -0.25) is 9.59 Å². The minimum atomic E-state index is -5.01. The molecule has 0 atom stereocenters. The summed E-state index contributed by atoms with van der Waals surface area (Å²) in [7, 11) is 1.29. The Balaban J connectivity index is 1.56. The number of carboxylic acids is 1. The van der Waals surface area contributed by atoms with Crippen molar-refractivity contribution in [3.63, 3.8) is 0 Å². The van der Waals surface area contributed by atoms with Crippen molar-refractivity contribution in [2.45, 2.75) is 6.18 Å². The zero-order valence-corrected chi connectivity index (χ0v) is 25.0. The Morgan fingerprint density at radius 3 is 2.22 bits per heavy atom. The number of amides is 2. The molecule has 3 N–H and O–H groups in total. The first-order valence-corrected chi connectivity index (χ1v) is 14.0. The topological polar surface area (TPSA) is 105 Å². The van der Waals surface area contributed by atoms with Crippen LogP contribution < -0.4 is 15.4 Å². The van der Waals surface area contributed by atoms with Crippen molar-refractivity contribution in [2.24, 2.45) is 0 Å². The number of carbonyl (C=O) groups is 3. The summed E-state index contributed by atoms with van der Waals surface area (Å²) in [6, 6.07) is 17.3. The van der Waals surface area contributed by atoms with Crippen molar-refractivity contribution >= 4 is 55.9 Å². The summed E-state index contributed by atoms with van der Waals surface area (Å²) in [5, 5.41) is 15.4. The molecule has 7 nitrogen and oxygen atoms in total. The molecule has 0 fully saturated rings. The van der Waals surface area contributed by atoms with Gasteiger partial charge in [-0.1, -0.05) is 34.1 Å². The molecule has 0 aliphatic rings. The Kier molecular flexibility index (Phi) is 8.79. The van der Waals surface area contributed by atoms with Crippen LogP contribution in [-0.4, -0.2) is 30.0 Å². The maximum absolute atomic E-state index is 14.7. The predicted octanol–water partition coefficient (Wildman–Crippen LogP) is 8.78. The summed E-state index contributed by atoms with van der Waals surface area (Å²) in [5.74, 6) is -5.19. The standard InChI is InChI=1S/C33H20BrF5N2O5/c1-46-29-10-6-17(21-13-18(32(44)45)5-8-26(21)35)12-23(29)31(43)41-28-15-20-16(3-2-4-25(20)34)11-22(28)30(42)40-19-7-9-27(36)24(14-19)33(37,38)39/h2-15H,1H3,(H,40,42)(H,41,43)(H,44,45). The Bertz CT molecular complexity index is 2050. The summed E-state index contributed by atoms with van der Waals surface area (Å²) in [6.07, 6.45) is -5.01. The van der Waals surface area contributed by atoms with E-state index in [9.17, 15) is 41.4 Å². The molecule has 0 spiro atoms. The number of benzene rings is 5. The van der Waals surface area contributed by atoms with Crippen molar-refractivity contribution in [1.82, 2.24) is 0 Å². The number of fused-ring (bicyclic) bond motifs is 1. The van der Waals surface area contributed by atoms with Gasteiger partial charge in [-0.15, -0.1) is 0 Å². The van der Waals surface area contributed by atoms with Crippen molar-refractivity contribution in [3.05, 3.63) is 123 Å². The van der Waals surface area contributed by atoms with Crippen molar-refractivity contribution < 1.29 is 46.2 Å². The zero-order chi connectivity index (χ0) is 33.3. The largest absolute Gasteiger partial charge is 0.496 e. The third-order valence-electron chi connectivity index (χ3n) is 6.96. The van der Waals surface area contributed by atoms with Crippen LogP contribution in [0.4, 0.5) is 33.3 Å². The van der Waals surface area contributed by atoms with Gasteiger partial charge in [0.15, 0.2) is 0 Å². The smallest absolute Gasteiger partial charge is 0.419 e. The van der Waals surface area contributed by atoms with Gasteiger partial charge in [0.25, 0.3) is 11.8 Å². The van der Waals surface area contributed by atoms with E-state index in [4.69, 9.17) is 4.74 Å². The molecule has 5 rings (SSSR count). The zero-order valence-electron chi connectivity index (χ0n) is 23.4. The molecule has 234 valence electrons. The normalized spacial score (nSPS) is 11.3. The lowest BCUT2D eigenvalue weighted by molar-refractivity contribution is -0.139. The monoisotopic (exact) mass is 698 g/mol. The molecule has 0 bridgehead atoms. The van der Waals surface area contributed by atoms with Crippen LogP contribution in [0, 0.1) is 11.6 Å². The summed E-state index contributed by atoms with van der Waals surface area (Å²) in [5.41, 5.74) is -2.33. The summed E-state index contributed by atoms with van der Waals surface area (Å²) in [4.78, 5) is 38.6. The lowest BCUT2D eigenvalue weighted by atomic mass is 9.99. The fourth-order valence-electron chi connectivity index (χ4n) is 4.72. The second-order valence-corrected chi connectivity index (χ2v) is 10.7. The van der Waals surface area contributed by atoms with Gasteiger partial charge in [0, 0.05) is 15.7 Å². The molecule has 0 aliphatic carbocycles. The molecule has 46 heavy (non-hydrogen) atoms. The Labute approximate surface area is 265 Å². The number of carbonyl (C=O) groups excluding carboxylic acids is 2. The SMILES string of the molecule is COc1ccc(-c2cc(C(=O)O)ccc2F)cc1C(=O)Nc1cc2c(Br)cccc2cc1C(=O)Nc1ccc(F)c(C(F)(F)F)c1. The van der Waals surface area contributed by atoms with Crippen molar-refractivity contribution in [1.29, 1.82) is 0 Å². The maximum atomic E-state index is 14.7. The quantitative estimate of drug-likeness (QED) is 0.147. The predicted molar refractivity (Wildman–Crippen MR) is 164 cm³/mol. The number of anilines is 2. The fourth-order valence-corrected chi connectivity index (χ4v) is 5.22. The van der Waals surface area contributed by atoms with E-state index in [1.54, 1.807) is 18.2 Å². The minimum absolute atomic E-state index is 0.0495. The van der Waals surface area contributed by atoms with Crippen LogP contribution >= 0.6 is 15.9 Å². The minimum Gasteiger partial charge on any atom is -0.496 e. The highest BCUT2D eigenvalue weighted by atomic mass is 79.9. The molecule has 0 saturated carbocycles. The Morgan fingerprint density at radius 1 is 0.804 bits per heavy atom. The van der Waals surface area contributed by atoms with Crippen molar-refractivity contribution in [2.75, 3.05) is 17.7 Å². The van der Waals surface area contributed by atoms with E-state index in [1.165, 1.54) is 37.4 Å². The first kappa shape index (κ1) is 32.1. The van der Waals surface area contributed by atoms with E-state index in [0.717, 1.165) is 24.3 Å². The summed E-state index contributed by atoms with van der Waals surface area (Å²) >= 11 is 3.42. The van der Waals surface area contributed by atoms with Gasteiger partial charge in [0.2, 0.25) is 0 Å². The van der Waals surface area contributed by atoms with Crippen LogP contribution in [0.1, 0.15) is 36.6 Å². The van der Waals surface area contributed by atoms with E-state index in [2.05, 4.69) is 26.6 Å². The number of hydrogen-bond acceptors (Lipinski definition) is 4. The lowest BCUT2D eigenvalue weighted by Gasteiger charge is -2.16. The maximum Gasteiger partial charge on any atom is 0.419 e. The highest BCUT2D eigenvalue weighted by molar-refractivity contribution is 9.10. The van der Waals surface area contributed by atoms with Crippen LogP contribution in [0.25, 0.3) is 21.9 Å². The number of halogens is 6. The fraction of sp³-hybridized carbons (Fsp3) is 0.0606. The van der Waals surface area contributed by atoms with Crippen molar-refractivity contribution in [3.8, 4) is 16.9 Å². The van der Waals surface area contributed by atoms with Gasteiger partial charge < -0.3 is 20.5 Å². The molecule has 13 heteroatoms. The van der Waals surface area contributed by atoms with Gasteiger partial charge in [0.05, 0.1) is 35.1 Å². The number of aromatic carboxylic acids is 1. The number of rotatable bonds is 7. The van der Waals surface area contributed by atoms with E-state index in [1.807, 2.05) is 0 Å². The van der Waals surface area contributed by atoms with E-state index in [-0.39, 0.29) is 44.9 Å². The molecule has 2 amide bonds. The van der Waals surface area contributed by atoms with Gasteiger partial charge in [-0.25, -0.2) is 13.6 Å². The molecule has 0 aliphatic heterocycles. The highest BCUT2D eigenvalue weighted by Gasteiger charge is 2.34. The third-order valence-corrected chi connectivity index (χ3v) is 7.65. The molecule has 0 heterocycles. The average Bonchev–Trinajstić information content (AvgIpc) is 3.01. The molecular formula is C33H20BrF5N2O5. The average molecular weight is 699 g/mol. The summed E-state index contributed by atoms with van der Waals surface area (Å²) in [6.45, 7) is 0. The number of carboxylic acid groups (broad SMARTS) is 1. The second kappa shape index (κ2) is 12.6. The van der Waals surface area contributed by atoms with Gasteiger partial charge in [-0.05, 0) is 83.1 Å². The van der Waals surface area contributed by atoms with E-state index < -0.39 is 41.2 Å². The van der Waals surface area contributed by atoms with E-state index in [0.29, 0.717) is 27.4 Å². The Hall–Kier alpha value is -5.30. The van der Waals surface area contributed by atoms with Crippen LogP contribution in [0.15, 0.2) is 89.4 Å². The molecular weight excluding hydrogens is 679 g/mol. The Morgan fingerprint density at radius 2 is 1.52 bits per heavy atom.